The smallest absolute Gasteiger partial charge is 0.331 e. The SMILES string of the molecule is CCOC(=O)C1(C)CCN1C(=O)c1ccc(C#N)cc1. The summed E-state index contributed by atoms with van der Waals surface area (Å²) in [7, 11) is 0. The number of hydrogen-bond acceptors (Lipinski definition) is 4. The summed E-state index contributed by atoms with van der Waals surface area (Å²) in [5.74, 6) is -0.579. The minimum Gasteiger partial charge on any atom is -0.464 e. The monoisotopic (exact) mass is 272 g/mol. The molecule has 5 heteroatoms. The summed E-state index contributed by atoms with van der Waals surface area (Å²) in [6.07, 6.45) is 0.605. The Labute approximate surface area is 117 Å². The zero-order valence-electron chi connectivity index (χ0n) is 11.5. The average Bonchev–Trinajstić information content (AvgIpc) is 2.45. The molecular formula is C15H16N2O3. The maximum absolute atomic E-state index is 12.4. The molecule has 1 heterocycles. The first-order valence-corrected chi connectivity index (χ1v) is 6.52. The Morgan fingerprint density at radius 3 is 2.50 bits per heavy atom. The zero-order valence-corrected chi connectivity index (χ0v) is 11.5. The predicted octanol–water partition coefficient (Wildman–Crippen LogP) is 1.73. The van der Waals surface area contributed by atoms with Gasteiger partial charge < -0.3 is 9.64 Å². The maximum atomic E-state index is 12.4. The number of rotatable bonds is 3. The summed E-state index contributed by atoms with van der Waals surface area (Å²) in [5.41, 5.74) is 0.0959. The van der Waals surface area contributed by atoms with Gasteiger partial charge in [0.05, 0.1) is 18.2 Å². The van der Waals surface area contributed by atoms with Gasteiger partial charge in [-0.25, -0.2) is 4.79 Å². The van der Waals surface area contributed by atoms with Crippen LogP contribution in [0, 0.1) is 11.3 Å². The van der Waals surface area contributed by atoms with Crippen LogP contribution in [0.15, 0.2) is 24.3 Å². The minimum atomic E-state index is -0.874. The highest BCUT2D eigenvalue weighted by Crippen LogP contribution is 2.33. The normalized spacial score (nSPS) is 20.8. The van der Waals surface area contributed by atoms with Crippen LogP contribution in [0.25, 0.3) is 0 Å². The van der Waals surface area contributed by atoms with E-state index in [0.29, 0.717) is 30.7 Å². The second-order valence-corrected chi connectivity index (χ2v) is 4.89. The van der Waals surface area contributed by atoms with Crippen LogP contribution in [0.1, 0.15) is 36.2 Å². The fourth-order valence-electron chi connectivity index (χ4n) is 2.23. The third kappa shape index (κ3) is 2.25. The molecule has 0 N–H and O–H groups in total. The molecule has 0 saturated carbocycles. The molecule has 1 atom stereocenters. The van der Waals surface area contributed by atoms with E-state index >= 15 is 0 Å². The van der Waals surface area contributed by atoms with E-state index in [4.69, 9.17) is 10.00 Å². The standard InChI is InChI=1S/C15H16N2O3/c1-3-20-14(19)15(2)8-9-17(15)13(18)12-6-4-11(10-16)5-7-12/h4-7H,3,8-9H2,1-2H3. The van der Waals surface area contributed by atoms with Gasteiger partial charge in [0.25, 0.3) is 5.91 Å². The number of esters is 1. The lowest BCUT2D eigenvalue weighted by molar-refractivity contribution is -0.162. The first-order chi connectivity index (χ1) is 9.52. The van der Waals surface area contributed by atoms with Crippen molar-refractivity contribution in [3.05, 3.63) is 35.4 Å². The van der Waals surface area contributed by atoms with Gasteiger partial charge in [-0.15, -0.1) is 0 Å². The van der Waals surface area contributed by atoms with Gasteiger partial charge >= 0.3 is 5.97 Å². The Morgan fingerprint density at radius 1 is 1.40 bits per heavy atom. The van der Waals surface area contributed by atoms with Crippen molar-refractivity contribution in [3.8, 4) is 6.07 Å². The number of ether oxygens (including phenoxy) is 1. The Hall–Kier alpha value is -2.35. The molecular weight excluding hydrogens is 256 g/mol. The summed E-state index contributed by atoms with van der Waals surface area (Å²) < 4.78 is 5.03. The summed E-state index contributed by atoms with van der Waals surface area (Å²) >= 11 is 0. The fourth-order valence-corrected chi connectivity index (χ4v) is 2.23. The van der Waals surface area contributed by atoms with Crippen molar-refractivity contribution in [2.75, 3.05) is 13.2 Å². The van der Waals surface area contributed by atoms with Crippen LogP contribution in [0.5, 0.6) is 0 Å². The number of carbonyl (C=O) groups excluding carboxylic acids is 2. The van der Waals surface area contributed by atoms with Gasteiger partial charge in [-0.05, 0) is 44.5 Å². The van der Waals surface area contributed by atoms with Gasteiger partial charge in [0.1, 0.15) is 5.54 Å². The molecule has 0 spiro atoms. The van der Waals surface area contributed by atoms with Crippen LogP contribution in [-0.2, 0) is 9.53 Å². The Morgan fingerprint density at radius 2 is 2.05 bits per heavy atom. The fraction of sp³-hybridized carbons (Fsp3) is 0.400. The van der Waals surface area contributed by atoms with Crippen molar-refractivity contribution in [2.24, 2.45) is 0 Å². The molecule has 5 nitrogen and oxygen atoms in total. The van der Waals surface area contributed by atoms with Crippen LogP contribution in [-0.4, -0.2) is 35.5 Å². The Kier molecular flexibility index (Phi) is 3.75. The van der Waals surface area contributed by atoms with Gasteiger partial charge in [0.2, 0.25) is 0 Å². The molecule has 1 amide bonds. The number of benzene rings is 1. The molecule has 1 aromatic rings. The third-order valence-corrected chi connectivity index (χ3v) is 3.64. The van der Waals surface area contributed by atoms with Crippen molar-refractivity contribution in [2.45, 2.75) is 25.8 Å². The molecule has 1 saturated heterocycles. The van der Waals surface area contributed by atoms with E-state index in [-0.39, 0.29) is 11.9 Å². The molecule has 1 fully saturated rings. The largest absolute Gasteiger partial charge is 0.464 e. The lowest BCUT2D eigenvalue weighted by Gasteiger charge is -2.48. The second kappa shape index (κ2) is 5.33. The molecule has 0 aliphatic carbocycles. The number of likely N-dealkylation sites (tertiary alicyclic amines) is 1. The molecule has 1 unspecified atom stereocenters. The van der Waals surface area contributed by atoms with Crippen molar-refractivity contribution in [1.82, 2.24) is 4.90 Å². The highest BCUT2D eigenvalue weighted by atomic mass is 16.5. The van der Waals surface area contributed by atoms with Crippen molar-refractivity contribution in [1.29, 1.82) is 5.26 Å². The number of nitrogens with zero attached hydrogens (tertiary/aromatic N) is 2. The van der Waals surface area contributed by atoms with Gasteiger partial charge in [-0.2, -0.15) is 5.26 Å². The zero-order chi connectivity index (χ0) is 14.8. The summed E-state index contributed by atoms with van der Waals surface area (Å²) in [6.45, 7) is 4.30. The molecule has 1 aliphatic heterocycles. The Bertz CT molecular complexity index is 574. The number of nitriles is 1. The first-order valence-electron chi connectivity index (χ1n) is 6.52. The average molecular weight is 272 g/mol. The van der Waals surface area contributed by atoms with Crippen LogP contribution < -0.4 is 0 Å². The summed E-state index contributed by atoms with van der Waals surface area (Å²) in [5, 5.41) is 8.74. The quantitative estimate of drug-likeness (QED) is 0.786. The van der Waals surface area contributed by atoms with E-state index in [1.807, 2.05) is 6.07 Å². The molecule has 104 valence electrons. The summed E-state index contributed by atoms with van der Waals surface area (Å²) in [4.78, 5) is 25.8. The van der Waals surface area contributed by atoms with Gasteiger partial charge in [-0.1, -0.05) is 0 Å². The van der Waals surface area contributed by atoms with Crippen LogP contribution in [0.4, 0.5) is 0 Å². The van der Waals surface area contributed by atoms with Gasteiger partial charge in [0.15, 0.2) is 0 Å². The summed E-state index contributed by atoms with van der Waals surface area (Å²) in [6, 6.07) is 8.39. The molecule has 20 heavy (non-hydrogen) atoms. The van der Waals surface area contributed by atoms with Gasteiger partial charge in [0, 0.05) is 12.1 Å². The highest BCUT2D eigenvalue weighted by molar-refractivity contribution is 5.99. The van der Waals surface area contributed by atoms with E-state index in [1.54, 1.807) is 38.1 Å². The predicted molar refractivity (Wildman–Crippen MR) is 71.8 cm³/mol. The third-order valence-electron chi connectivity index (χ3n) is 3.64. The number of hydrogen-bond donors (Lipinski definition) is 0. The minimum absolute atomic E-state index is 0.212. The molecule has 0 bridgehead atoms. The van der Waals surface area contributed by atoms with E-state index in [0.717, 1.165) is 0 Å². The number of amides is 1. The maximum Gasteiger partial charge on any atom is 0.331 e. The molecule has 0 radical (unpaired) electrons. The molecule has 1 aliphatic rings. The highest BCUT2D eigenvalue weighted by Gasteiger charge is 2.50. The van der Waals surface area contributed by atoms with Crippen LogP contribution in [0.3, 0.4) is 0 Å². The molecule has 2 rings (SSSR count). The Balaban J connectivity index is 2.17. The molecule has 0 aromatic heterocycles. The topological polar surface area (TPSA) is 70.4 Å². The first kappa shape index (κ1) is 14.1. The molecule has 1 aromatic carbocycles. The van der Waals surface area contributed by atoms with Gasteiger partial charge in [-0.3, -0.25) is 4.79 Å². The van der Waals surface area contributed by atoms with E-state index in [1.165, 1.54) is 4.90 Å². The van der Waals surface area contributed by atoms with E-state index < -0.39 is 5.54 Å². The van der Waals surface area contributed by atoms with Crippen molar-refractivity contribution < 1.29 is 14.3 Å². The van der Waals surface area contributed by atoms with Crippen LogP contribution >= 0.6 is 0 Å². The van der Waals surface area contributed by atoms with Crippen LogP contribution in [0.2, 0.25) is 0 Å². The lowest BCUT2D eigenvalue weighted by atomic mass is 9.86. The van der Waals surface area contributed by atoms with E-state index in [9.17, 15) is 9.59 Å². The van der Waals surface area contributed by atoms with Crippen molar-refractivity contribution in [3.63, 3.8) is 0 Å². The number of carbonyl (C=O) groups is 2. The van der Waals surface area contributed by atoms with Crippen molar-refractivity contribution >= 4 is 11.9 Å². The second-order valence-electron chi connectivity index (χ2n) is 4.89. The van der Waals surface area contributed by atoms with E-state index in [2.05, 4.69) is 0 Å². The lowest BCUT2D eigenvalue weighted by Crippen LogP contribution is -2.65.